The lowest BCUT2D eigenvalue weighted by atomic mass is 9.49. The van der Waals surface area contributed by atoms with Crippen molar-refractivity contribution in [2.45, 2.75) is 42.8 Å². The summed E-state index contributed by atoms with van der Waals surface area (Å²) in [4.78, 5) is 17.7. The van der Waals surface area contributed by atoms with Crippen molar-refractivity contribution in [1.82, 2.24) is 9.80 Å². The Morgan fingerprint density at radius 1 is 1.08 bits per heavy atom. The number of rotatable bonds is 4. The van der Waals surface area contributed by atoms with Crippen LogP contribution in [0.1, 0.15) is 38.5 Å². The Labute approximate surface area is 159 Å². The summed E-state index contributed by atoms with van der Waals surface area (Å²) in [5.74, 6) is 2.04. The third kappa shape index (κ3) is 3.65. The van der Waals surface area contributed by atoms with Crippen molar-refractivity contribution in [2.24, 2.45) is 17.3 Å². The SMILES string of the molecule is CS(=O)(=O)CCN1CCN(C(=O)C23CC4CC(CC(Br)(C4)C2)C3)CC1. The van der Waals surface area contributed by atoms with Crippen LogP contribution in [-0.2, 0) is 14.6 Å². The van der Waals surface area contributed by atoms with Crippen molar-refractivity contribution in [3.8, 4) is 0 Å². The lowest BCUT2D eigenvalue weighted by Crippen LogP contribution is -2.61. The van der Waals surface area contributed by atoms with E-state index in [4.69, 9.17) is 0 Å². The van der Waals surface area contributed by atoms with E-state index in [0.717, 1.165) is 57.3 Å². The molecule has 5 rings (SSSR count). The van der Waals surface area contributed by atoms with Crippen LogP contribution in [0.15, 0.2) is 0 Å². The molecule has 1 aliphatic heterocycles. The molecule has 0 spiro atoms. The Balaban J connectivity index is 1.38. The maximum Gasteiger partial charge on any atom is 0.228 e. The van der Waals surface area contributed by atoms with Gasteiger partial charge in [0.2, 0.25) is 5.91 Å². The number of sulfone groups is 1. The number of amides is 1. The largest absolute Gasteiger partial charge is 0.340 e. The highest BCUT2D eigenvalue weighted by Crippen LogP contribution is 2.64. The van der Waals surface area contributed by atoms with Crippen molar-refractivity contribution in [3.05, 3.63) is 0 Å². The summed E-state index contributed by atoms with van der Waals surface area (Å²) in [5, 5.41) is 0. The van der Waals surface area contributed by atoms with Gasteiger partial charge in [0, 0.05) is 43.3 Å². The van der Waals surface area contributed by atoms with Crippen LogP contribution in [0.2, 0.25) is 0 Å². The fraction of sp³-hybridized carbons (Fsp3) is 0.944. The van der Waals surface area contributed by atoms with Gasteiger partial charge in [-0.15, -0.1) is 0 Å². The maximum atomic E-state index is 13.4. The zero-order chi connectivity index (χ0) is 17.9. The molecule has 0 radical (unpaired) electrons. The number of nitrogens with zero attached hydrogens (tertiary/aromatic N) is 2. The van der Waals surface area contributed by atoms with Gasteiger partial charge in [-0.3, -0.25) is 9.69 Å². The summed E-state index contributed by atoms with van der Waals surface area (Å²) in [5.41, 5.74) is -0.123. The molecule has 2 atom stereocenters. The molecule has 4 bridgehead atoms. The standard InChI is InChI=1S/C18H29BrN2O3S/c1-25(23,24)7-6-20-2-4-21(5-3-20)16(22)17-9-14-8-15(10-17)12-18(19,11-14)13-17/h14-15H,2-13H2,1H3. The van der Waals surface area contributed by atoms with Crippen LogP contribution in [0.3, 0.4) is 0 Å². The molecule has 1 heterocycles. The summed E-state index contributed by atoms with van der Waals surface area (Å²) in [6, 6.07) is 0. The molecule has 5 aliphatic rings. The van der Waals surface area contributed by atoms with Crippen LogP contribution in [0, 0.1) is 17.3 Å². The average Bonchev–Trinajstić information content (AvgIpc) is 2.49. The Bertz CT molecular complexity index is 643. The molecule has 2 unspecified atom stereocenters. The molecule has 4 aliphatic carbocycles. The van der Waals surface area contributed by atoms with Gasteiger partial charge in [-0.25, -0.2) is 8.42 Å². The van der Waals surface area contributed by atoms with E-state index in [9.17, 15) is 13.2 Å². The zero-order valence-electron chi connectivity index (χ0n) is 15.0. The van der Waals surface area contributed by atoms with E-state index < -0.39 is 9.84 Å². The second kappa shape index (κ2) is 6.20. The summed E-state index contributed by atoms with van der Waals surface area (Å²) in [7, 11) is -2.92. The van der Waals surface area contributed by atoms with Crippen molar-refractivity contribution < 1.29 is 13.2 Å². The fourth-order valence-electron chi connectivity index (χ4n) is 6.21. The second-order valence-electron chi connectivity index (χ2n) is 9.16. The quantitative estimate of drug-likeness (QED) is 0.636. The number of carbonyl (C=O) groups excluding carboxylic acids is 1. The van der Waals surface area contributed by atoms with Crippen LogP contribution in [-0.4, -0.2) is 73.2 Å². The van der Waals surface area contributed by atoms with E-state index in [1.807, 2.05) is 0 Å². The predicted molar refractivity (Wildman–Crippen MR) is 102 cm³/mol. The van der Waals surface area contributed by atoms with Gasteiger partial charge >= 0.3 is 0 Å². The van der Waals surface area contributed by atoms with Crippen LogP contribution in [0.5, 0.6) is 0 Å². The highest BCUT2D eigenvalue weighted by atomic mass is 79.9. The minimum absolute atomic E-state index is 0.123. The first kappa shape index (κ1) is 18.2. The second-order valence-corrected chi connectivity index (χ2v) is 13.1. The van der Waals surface area contributed by atoms with Gasteiger partial charge in [-0.2, -0.15) is 0 Å². The van der Waals surface area contributed by atoms with Gasteiger partial charge in [0.1, 0.15) is 9.84 Å². The lowest BCUT2D eigenvalue weighted by Gasteiger charge is -2.60. The lowest BCUT2D eigenvalue weighted by molar-refractivity contribution is -0.157. The van der Waals surface area contributed by atoms with Gasteiger partial charge in [0.05, 0.1) is 11.2 Å². The first-order chi connectivity index (χ1) is 11.7. The smallest absolute Gasteiger partial charge is 0.228 e. The van der Waals surface area contributed by atoms with E-state index in [1.165, 1.54) is 25.5 Å². The summed E-state index contributed by atoms with van der Waals surface area (Å²) < 4.78 is 22.9. The van der Waals surface area contributed by atoms with Crippen LogP contribution in [0.4, 0.5) is 0 Å². The van der Waals surface area contributed by atoms with E-state index in [1.54, 1.807) is 0 Å². The van der Waals surface area contributed by atoms with Crippen LogP contribution >= 0.6 is 15.9 Å². The van der Waals surface area contributed by atoms with Crippen LogP contribution < -0.4 is 0 Å². The molecule has 0 aromatic heterocycles. The number of halogens is 1. The number of piperazine rings is 1. The Morgan fingerprint density at radius 2 is 1.68 bits per heavy atom. The molecule has 1 amide bonds. The van der Waals surface area contributed by atoms with Gasteiger partial charge in [-0.05, 0) is 50.4 Å². The molecule has 1 saturated heterocycles. The number of hydrogen-bond donors (Lipinski definition) is 0. The van der Waals surface area contributed by atoms with E-state index in [-0.39, 0.29) is 15.5 Å². The molecule has 0 aromatic carbocycles. The first-order valence-electron chi connectivity index (χ1n) is 9.55. The molecule has 4 saturated carbocycles. The topological polar surface area (TPSA) is 57.7 Å². The first-order valence-corrected chi connectivity index (χ1v) is 12.4. The predicted octanol–water partition coefficient (Wildman–Crippen LogP) is 1.91. The molecule has 142 valence electrons. The molecule has 5 nitrogen and oxygen atoms in total. The summed E-state index contributed by atoms with van der Waals surface area (Å²) in [6.45, 7) is 3.66. The molecule has 0 aromatic rings. The number of hydrogen-bond acceptors (Lipinski definition) is 4. The third-order valence-electron chi connectivity index (χ3n) is 6.88. The molecule has 0 N–H and O–H groups in total. The fourth-order valence-corrected chi connectivity index (χ4v) is 8.25. The zero-order valence-corrected chi connectivity index (χ0v) is 17.4. The third-order valence-corrected chi connectivity index (χ3v) is 8.73. The monoisotopic (exact) mass is 432 g/mol. The van der Waals surface area contributed by atoms with Crippen molar-refractivity contribution in [1.29, 1.82) is 0 Å². The molecule has 25 heavy (non-hydrogen) atoms. The van der Waals surface area contributed by atoms with Gasteiger partial charge in [-0.1, -0.05) is 15.9 Å². The minimum Gasteiger partial charge on any atom is -0.340 e. The number of carbonyl (C=O) groups is 1. The Kier molecular flexibility index (Phi) is 4.52. The summed E-state index contributed by atoms with van der Waals surface area (Å²) in [6.07, 6.45) is 8.29. The van der Waals surface area contributed by atoms with Crippen molar-refractivity contribution in [2.75, 3.05) is 44.7 Å². The van der Waals surface area contributed by atoms with Crippen molar-refractivity contribution in [3.63, 3.8) is 0 Å². The van der Waals surface area contributed by atoms with Gasteiger partial charge < -0.3 is 4.90 Å². The van der Waals surface area contributed by atoms with Crippen LogP contribution in [0.25, 0.3) is 0 Å². The highest BCUT2D eigenvalue weighted by molar-refractivity contribution is 9.10. The van der Waals surface area contributed by atoms with Gasteiger partial charge in [0.25, 0.3) is 0 Å². The summed E-state index contributed by atoms with van der Waals surface area (Å²) >= 11 is 4.00. The van der Waals surface area contributed by atoms with Gasteiger partial charge in [0.15, 0.2) is 0 Å². The van der Waals surface area contributed by atoms with E-state index in [2.05, 4.69) is 25.7 Å². The van der Waals surface area contributed by atoms with Crippen molar-refractivity contribution >= 4 is 31.7 Å². The number of alkyl halides is 1. The maximum absolute atomic E-state index is 13.4. The molecule has 5 fully saturated rings. The highest BCUT2D eigenvalue weighted by Gasteiger charge is 2.60. The van der Waals surface area contributed by atoms with E-state index in [0.29, 0.717) is 12.5 Å². The molecular weight excluding hydrogens is 404 g/mol. The minimum atomic E-state index is -2.92. The Morgan fingerprint density at radius 3 is 2.20 bits per heavy atom. The average molecular weight is 433 g/mol. The molecular formula is C18H29BrN2O3S. The Hall–Kier alpha value is -0.140. The molecule has 7 heteroatoms. The normalized spacial score (nSPS) is 41.3. The van der Waals surface area contributed by atoms with E-state index >= 15 is 0 Å².